The fraction of sp³-hybridized carbons (Fsp3) is 0.257. The van der Waals surface area contributed by atoms with Crippen molar-refractivity contribution in [1.82, 2.24) is 4.72 Å². The fourth-order valence-electron chi connectivity index (χ4n) is 5.83. The summed E-state index contributed by atoms with van der Waals surface area (Å²) in [6.07, 6.45) is 0.728. The summed E-state index contributed by atoms with van der Waals surface area (Å²) in [6, 6.07) is 23.3. The summed E-state index contributed by atoms with van der Waals surface area (Å²) in [6.45, 7) is 4.76. The first-order valence-electron chi connectivity index (χ1n) is 15.7. The number of sulfone groups is 1. The molecule has 1 amide bonds. The molecule has 271 valence electrons. The normalized spacial score (nSPS) is 15.6. The van der Waals surface area contributed by atoms with E-state index in [0.717, 1.165) is 34.5 Å². The number of aliphatic hydroxyl groups excluding tert-OH is 1. The average molecular weight is 781 g/mol. The summed E-state index contributed by atoms with van der Waals surface area (Å²) in [5.74, 6) is -1.08. The molecule has 1 saturated heterocycles. The molecule has 9 nitrogen and oxygen atoms in total. The van der Waals surface area contributed by atoms with E-state index in [2.05, 4.69) is 29.8 Å². The van der Waals surface area contributed by atoms with Crippen LogP contribution in [0.25, 0.3) is 11.1 Å². The molecule has 0 aliphatic carbocycles. The van der Waals surface area contributed by atoms with Gasteiger partial charge in [0.1, 0.15) is 4.90 Å². The molecular formula is C35H34ClF3N3O6S3. The Morgan fingerprint density at radius 3 is 2.20 bits per heavy atom. The third kappa shape index (κ3) is 8.66. The van der Waals surface area contributed by atoms with E-state index in [-0.39, 0.29) is 17.9 Å². The van der Waals surface area contributed by atoms with Gasteiger partial charge in [-0.1, -0.05) is 54.9 Å². The van der Waals surface area contributed by atoms with Crippen LogP contribution in [0.1, 0.15) is 41.3 Å². The van der Waals surface area contributed by atoms with Gasteiger partial charge in [0.25, 0.3) is 25.8 Å². The van der Waals surface area contributed by atoms with Crippen LogP contribution in [0.4, 0.5) is 24.5 Å². The number of benzene rings is 4. The van der Waals surface area contributed by atoms with E-state index in [1.165, 1.54) is 12.1 Å². The highest BCUT2D eigenvalue weighted by Crippen LogP contribution is 2.38. The van der Waals surface area contributed by atoms with Crippen LogP contribution in [0.2, 0.25) is 5.02 Å². The number of amides is 1. The Labute approximate surface area is 305 Å². The number of hydrogen-bond acceptors (Lipinski definition) is 9. The van der Waals surface area contributed by atoms with Crippen LogP contribution in [0.15, 0.2) is 101 Å². The van der Waals surface area contributed by atoms with Crippen LogP contribution in [0.3, 0.4) is 0 Å². The average Bonchev–Trinajstić information content (AvgIpc) is 3.11. The molecule has 51 heavy (non-hydrogen) atoms. The van der Waals surface area contributed by atoms with Crippen molar-refractivity contribution in [2.45, 2.75) is 46.0 Å². The van der Waals surface area contributed by atoms with Crippen molar-refractivity contribution in [1.29, 1.82) is 0 Å². The topological polar surface area (TPSA) is 133 Å². The zero-order valence-electron chi connectivity index (χ0n) is 26.8. The van der Waals surface area contributed by atoms with Crippen molar-refractivity contribution in [2.75, 3.05) is 23.3 Å². The predicted molar refractivity (Wildman–Crippen MR) is 194 cm³/mol. The lowest BCUT2D eigenvalue weighted by Gasteiger charge is -2.36. The minimum Gasteiger partial charge on any atom is -0.388 e. The molecule has 1 heterocycles. The maximum atomic E-state index is 13.5. The van der Waals surface area contributed by atoms with E-state index in [0.29, 0.717) is 37.0 Å². The van der Waals surface area contributed by atoms with Gasteiger partial charge in [0, 0.05) is 29.4 Å². The van der Waals surface area contributed by atoms with Gasteiger partial charge in [0.15, 0.2) is 0 Å². The number of alkyl halides is 3. The Balaban J connectivity index is 1.25. The smallest absolute Gasteiger partial charge is 0.388 e. The standard InChI is InChI=1S/C35H34ClF3N3O6S3/c1-2-32(49)40-30-16-15-27(21-31(30)50(45,46)35(37,38)39)51(47,48)41-34(44)24-9-13-26(14-10-24)42-19-17-23(18-20-42)33(43)29-6-4-3-5-28(29)22-7-11-25(36)12-8-22/h3-16,21,23,32-33,40,43,49H,1-2,17-20H2,(H,41,44)/t32-,33-/m1/s1. The highest BCUT2D eigenvalue weighted by molar-refractivity contribution is 7.92. The second kappa shape index (κ2) is 15.5. The van der Waals surface area contributed by atoms with Gasteiger partial charge in [-0.15, -0.1) is 0 Å². The molecule has 3 N–H and O–H groups in total. The lowest BCUT2D eigenvalue weighted by molar-refractivity contribution is -0.0435. The molecule has 4 aromatic rings. The van der Waals surface area contributed by atoms with Gasteiger partial charge in [0.05, 0.1) is 22.1 Å². The number of anilines is 2. The molecule has 0 saturated carbocycles. The van der Waals surface area contributed by atoms with E-state index in [9.17, 15) is 39.9 Å². The molecule has 1 radical (unpaired) electrons. The van der Waals surface area contributed by atoms with Crippen LogP contribution in [0, 0.1) is 12.8 Å². The van der Waals surface area contributed by atoms with Crippen molar-refractivity contribution in [2.24, 2.45) is 5.92 Å². The third-order valence-electron chi connectivity index (χ3n) is 8.60. The minimum atomic E-state index is -5.99. The molecule has 0 bridgehead atoms. The second-order valence-electron chi connectivity index (χ2n) is 11.9. The number of sulfonamides is 1. The number of piperidine rings is 1. The summed E-state index contributed by atoms with van der Waals surface area (Å²) in [7, 11) is -10.8. The van der Waals surface area contributed by atoms with E-state index in [1.54, 1.807) is 29.0 Å². The number of nitrogens with one attached hydrogen (secondary N) is 2. The Morgan fingerprint density at radius 2 is 1.59 bits per heavy atom. The molecule has 1 fully saturated rings. The largest absolute Gasteiger partial charge is 0.501 e. The first-order valence-corrected chi connectivity index (χ1v) is 19.5. The van der Waals surface area contributed by atoms with Crippen molar-refractivity contribution in [3.05, 3.63) is 114 Å². The number of aliphatic hydroxyl groups is 1. The fourth-order valence-corrected chi connectivity index (χ4v) is 8.11. The van der Waals surface area contributed by atoms with Crippen LogP contribution in [0.5, 0.6) is 0 Å². The maximum absolute atomic E-state index is 13.5. The second-order valence-corrected chi connectivity index (χ2v) is 16.6. The number of rotatable bonds is 11. The number of carbonyl (C=O) groups excluding carboxylic acids is 1. The highest BCUT2D eigenvalue weighted by atomic mass is 35.5. The number of carbonyl (C=O) groups is 1. The van der Waals surface area contributed by atoms with E-state index in [4.69, 9.17) is 11.6 Å². The molecule has 2 atom stereocenters. The molecular weight excluding hydrogens is 747 g/mol. The Kier molecular flexibility index (Phi) is 11.7. The quantitative estimate of drug-likeness (QED) is 0.0924. The van der Waals surface area contributed by atoms with E-state index in [1.807, 2.05) is 36.4 Å². The van der Waals surface area contributed by atoms with Crippen LogP contribution >= 0.6 is 24.2 Å². The van der Waals surface area contributed by atoms with E-state index >= 15 is 0 Å². The zero-order valence-corrected chi connectivity index (χ0v) is 30.1. The number of hydrogen-bond donors (Lipinski definition) is 4. The summed E-state index contributed by atoms with van der Waals surface area (Å²) >= 11 is 10.1. The van der Waals surface area contributed by atoms with Crippen LogP contribution in [-0.4, -0.2) is 51.8 Å². The van der Waals surface area contributed by atoms with Gasteiger partial charge in [-0.3, -0.25) is 4.79 Å². The zero-order chi connectivity index (χ0) is 37.1. The SMILES string of the molecule is [CH2]C[C@@H](S)Nc1ccc(S(=O)(=O)NC(=O)c2ccc(N3CCC([C@@H](O)c4ccccc4-c4ccc(Cl)cc4)CC3)cc2)cc1S(=O)(=O)C(F)(F)F. The number of nitrogens with zero attached hydrogens (tertiary/aromatic N) is 1. The van der Waals surface area contributed by atoms with Gasteiger partial charge in [0.2, 0.25) is 0 Å². The molecule has 0 spiro atoms. The third-order valence-corrected chi connectivity index (χ3v) is 12.1. The minimum absolute atomic E-state index is 0.00980. The lowest BCUT2D eigenvalue weighted by atomic mass is 9.84. The van der Waals surface area contributed by atoms with Crippen molar-refractivity contribution in [3.63, 3.8) is 0 Å². The van der Waals surface area contributed by atoms with Crippen LogP contribution < -0.4 is 14.9 Å². The number of thiol groups is 1. The first kappa shape index (κ1) is 38.5. The molecule has 1 aliphatic heterocycles. The Morgan fingerprint density at radius 1 is 0.961 bits per heavy atom. The molecule has 1 aliphatic rings. The highest BCUT2D eigenvalue weighted by Gasteiger charge is 2.48. The summed E-state index contributed by atoms with van der Waals surface area (Å²) in [4.78, 5) is 12.8. The van der Waals surface area contributed by atoms with Crippen LogP contribution in [-0.2, 0) is 19.9 Å². The van der Waals surface area contributed by atoms with Crippen molar-refractivity contribution in [3.8, 4) is 11.1 Å². The van der Waals surface area contributed by atoms with Gasteiger partial charge in [-0.05, 0) is 96.5 Å². The summed E-state index contributed by atoms with van der Waals surface area (Å²) < 4.78 is 93.0. The number of halogens is 4. The molecule has 0 unspecified atom stereocenters. The molecule has 16 heteroatoms. The predicted octanol–water partition coefficient (Wildman–Crippen LogP) is 7.26. The molecule has 4 aromatic carbocycles. The summed E-state index contributed by atoms with van der Waals surface area (Å²) in [5.41, 5.74) is -2.85. The van der Waals surface area contributed by atoms with Gasteiger partial charge < -0.3 is 15.3 Å². The monoisotopic (exact) mass is 780 g/mol. The van der Waals surface area contributed by atoms with Gasteiger partial charge >= 0.3 is 5.51 Å². The summed E-state index contributed by atoms with van der Waals surface area (Å²) in [5, 5.41) is 13.6. The maximum Gasteiger partial charge on any atom is 0.501 e. The van der Waals surface area contributed by atoms with Gasteiger partial charge in [-0.2, -0.15) is 25.8 Å². The first-order chi connectivity index (χ1) is 24.0. The lowest BCUT2D eigenvalue weighted by Crippen LogP contribution is -2.35. The Hall–Kier alpha value is -3.76. The van der Waals surface area contributed by atoms with E-state index < -0.39 is 58.2 Å². The van der Waals surface area contributed by atoms with Crippen molar-refractivity contribution >= 4 is 61.4 Å². The van der Waals surface area contributed by atoms with Crippen molar-refractivity contribution < 1.29 is 39.9 Å². The molecule has 0 aromatic heterocycles. The molecule has 5 rings (SSSR count). The Bertz CT molecular complexity index is 2090. The van der Waals surface area contributed by atoms with Gasteiger partial charge in [-0.25, -0.2) is 21.6 Å².